The molecule has 20 heavy (non-hydrogen) atoms. The lowest BCUT2D eigenvalue weighted by atomic mass is 9.68. The van der Waals surface area contributed by atoms with Gasteiger partial charge in [0.15, 0.2) is 0 Å². The van der Waals surface area contributed by atoms with Crippen LogP contribution in [0.4, 0.5) is 0 Å². The molecule has 0 aromatic rings. The maximum atomic E-state index is 5.72. The first-order valence-electron chi connectivity index (χ1n) is 8.67. The Hall–Kier alpha value is -0.0800. The van der Waals surface area contributed by atoms with Crippen LogP contribution in [0.2, 0.25) is 0 Å². The summed E-state index contributed by atoms with van der Waals surface area (Å²) in [4.78, 5) is 11.0. The molecule has 2 heteroatoms. The van der Waals surface area contributed by atoms with E-state index < -0.39 is 0 Å². The van der Waals surface area contributed by atoms with E-state index in [0.717, 1.165) is 25.4 Å². The lowest BCUT2D eigenvalue weighted by Gasteiger charge is -2.43. The molecule has 0 aromatic carbocycles. The molecule has 0 N–H and O–H groups in total. The summed E-state index contributed by atoms with van der Waals surface area (Å²) in [5.41, 5.74) is 0.663. The van der Waals surface area contributed by atoms with Crippen LogP contribution in [-0.4, -0.2) is 12.7 Å². The van der Waals surface area contributed by atoms with Gasteiger partial charge in [-0.1, -0.05) is 60.8 Å². The van der Waals surface area contributed by atoms with E-state index in [1.807, 2.05) is 0 Å². The highest BCUT2D eigenvalue weighted by atomic mass is 17.2. The highest BCUT2D eigenvalue weighted by molar-refractivity contribution is 4.88. The smallest absolute Gasteiger partial charge is 0.0989 e. The van der Waals surface area contributed by atoms with Crippen LogP contribution < -0.4 is 0 Å². The topological polar surface area (TPSA) is 18.5 Å². The Kier molecular flexibility index (Phi) is 7.00. The Labute approximate surface area is 126 Å². The van der Waals surface area contributed by atoms with Crippen LogP contribution in [0, 0.1) is 16.7 Å². The Morgan fingerprint density at radius 3 is 2.55 bits per heavy atom. The van der Waals surface area contributed by atoms with Gasteiger partial charge in [0, 0.05) is 0 Å². The van der Waals surface area contributed by atoms with Crippen LogP contribution in [0.15, 0.2) is 0 Å². The molecule has 1 rings (SSSR count). The molecule has 0 bridgehead atoms. The van der Waals surface area contributed by atoms with E-state index in [0.29, 0.717) is 5.41 Å². The van der Waals surface area contributed by atoms with E-state index in [2.05, 4.69) is 41.5 Å². The highest BCUT2D eigenvalue weighted by Crippen LogP contribution is 2.44. The first-order valence-corrected chi connectivity index (χ1v) is 8.67. The third-order valence-electron chi connectivity index (χ3n) is 6.00. The van der Waals surface area contributed by atoms with Crippen LogP contribution in [0.1, 0.15) is 86.5 Å². The summed E-state index contributed by atoms with van der Waals surface area (Å²) < 4.78 is 0. The van der Waals surface area contributed by atoms with Crippen molar-refractivity contribution >= 4 is 0 Å². The predicted molar refractivity (Wildman–Crippen MR) is 85.5 cm³/mol. The van der Waals surface area contributed by atoms with Gasteiger partial charge in [-0.25, -0.2) is 9.78 Å². The van der Waals surface area contributed by atoms with E-state index >= 15 is 0 Å². The summed E-state index contributed by atoms with van der Waals surface area (Å²) in [5.74, 6) is 0.835. The second-order valence-electron chi connectivity index (χ2n) is 7.58. The maximum Gasteiger partial charge on any atom is 0.0989 e. The van der Waals surface area contributed by atoms with Crippen LogP contribution in [0.5, 0.6) is 0 Å². The van der Waals surface area contributed by atoms with Gasteiger partial charge in [-0.15, -0.1) is 0 Å². The molecule has 1 aliphatic rings. The zero-order valence-electron chi connectivity index (χ0n) is 14.6. The largest absolute Gasteiger partial charge is 0.236 e. The van der Waals surface area contributed by atoms with E-state index in [-0.39, 0.29) is 11.5 Å². The second kappa shape index (κ2) is 7.79. The van der Waals surface area contributed by atoms with Crippen molar-refractivity contribution in [2.75, 3.05) is 6.61 Å². The van der Waals surface area contributed by atoms with Crippen molar-refractivity contribution < 1.29 is 9.78 Å². The molecule has 1 saturated heterocycles. The van der Waals surface area contributed by atoms with Gasteiger partial charge >= 0.3 is 0 Å². The molecule has 2 nitrogen and oxygen atoms in total. The fourth-order valence-corrected chi connectivity index (χ4v) is 3.04. The molecule has 1 fully saturated rings. The van der Waals surface area contributed by atoms with Crippen molar-refractivity contribution in [1.29, 1.82) is 0 Å². The zero-order chi connectivity index (χ0) is 15.2. The number of hydrogen-bond acceptors (Lipinski definition) is 2. The molecular formula is C18H36O2. The minimum absolute atomic E-state index is 0.253. The molecule has 0 radical (unpaired) electrons. The molecule has 0 spiro atoms. The normalized spacial score (nSPS) is 31.8. The van der Waals surface area contributed by atoms with E-state index in [9.17, 15) is 0 Å². The van der Waals surface area contributed by atoms with Crippen molar-refractivity contribution in [3.05, 3.63) is 0 Å². The fourth-order valence-electron chi connectivity index (χ4n) is 3.04. The summed E-state index contributed by atoms with van der Waals surface area (Å²) in [6, 6.07) is 0. The SMILES string of the molecule is CCC(C)CCC(C)(CC)CC1OOCCC1(C)CC. The monoisotopic (exact) mass is 284 g/mol. The van der Waals surface area contributed by atoms with Gasteiger partial charge in [0.1, 0.15) is 0 Å². The number of hydrogen-bond donors (Lipinski definition) is 0. The van der Waals surface area contributed by atoms with Crippen molar-refractivity contribution in [2.45, 2.75) is 92.6 Å². The maximum absolute atomic E-state index is 5.72. The quantitative estimate of drug-likeness (QED) is 0.528. The van der Waals surface area contributed by atoms with Crippen molar-refractivity contribution in [2.24, 2.45) is 16.7 Å². The summed E-state index contributed by atoms with van der Waals surface area (Å²) in [7, 11) is 0. The average molecular weight is 284 g/mol. The van der Waals surface area contributed by atoms with Gasteiger partial charge in [-0.3, -0.25) is 0 Å². The van der Waals surface area contributed by atoms with Gasteiger partial charge in [0.05, 0.1) is 12.7 Å². The summed E-state index contributed by atoms with van der Waals surface area (Å²) in [6.45, 7) is 14.8. The van der Waals surface area contributed by atoms with Gasteiger partial charge in [-0.05, 0) is 42.4 Å². The molecule has 0 aromatic heterocycles. The van der Waals surface area contributed by atoms with Crippen molar-refractivity contribution in [3.8, 4) is 0 Å². The van der Waals surface area contributed by atoms with Crippen molar-refractivity contribution in [1.82, 2.24) is 0 Å². The van der Waals surface area contributed by atoms with E-state index in [4.69, 9.17) is 9.78 Å². The van der Waals surface area contributed by atoms with Crippen LogP contribution in [-0.2, 0) is 9.78 Å². The van der Waals surface area contributed by atoms with E-state index in [1.165, 1.54) is 32.1 Å². The molecule has 4 unspecified atom stereocenters. The molecule has 4 atom stereocenters. The fraction of sp³-hybridized carbons (Fsp3) is 1.00. The van der Waals surface area contributed by atoms with E-state index in [1.54, 1.807) is 0 Å². The van der Waals surface area contributed by atoms with Gasteiger partial charge in [0.2, 0.25) is 0 Å². The third-order valence-corrected chi connectivity index (χ3v) is 6.00. The molecule has 1 heterocycles. The predicted octanol–water partition coefficient (Wildman–Crippen LogP) is 5.76. The molecule has 0 aliphatic carbocycles. The Bertz CT molecular complexity index is 279. The van der Waals surface area contributed by atoms with Crippen LogP contribution in [0.25, 0.3) is 0 Å². The summed E-state index contributed by atoms with van der Waals surface area (Å²) >= 11 is 0. The lowest BCUT2D eigenvalue weighted by molar-refractivity contribution is -0.378. The Balaban J connectivity index is 2.65. The average Bonchev–Trinajstić information content (AvgIpc) is 2.47. The van der Waals surface area contributed by atoms with Gasteiger partial charge in [0.25, 0.3) is 0 Å². The molecule has 0 amide bonds. The van der Waals surface area contributed by atoms with Crippen molar-refractivity contribution in [3.63, 3.8) is 0 Å². The third kappa shape index (κ3) is 4.73. The standard InChI is InChI=1S/C18H36O2/c1-7-15(4)10-11-17(5,8-2)14-16-18(6,9-3)12-13-19-20-16/h15-16H,7-14H2,1-6H3. The molecule has 120 valence electrons. The zero-order valence-corrected chi connectivity index (χ0v) is 14.6. The summed E-state index contributed by atoms with van der Waals surface area (Å²) in [5, 5.41) is 0. The highest BCUT2D eigenvalue weighted by Gasteiger charge is 2.41. The molecule has 1 aliphatic heterocycles. The minimum atomic E-state index is 0.253. The van der Waals surface area contributed by atoms with Crippen LogP contribution >= 0.6 is 0 Å². The number of rotatable bonds is 8. The molecule has 0 saturated carbocycles. The van der Waals surface area contributed by atoms with Gasteiger partial charge in [-0.2, -0.15) is 0 Å². The van der Waals surface area contributed by atoms with Crippen LogP contribution in [0.3, 0.4) is 0 Å². The first kappa shape index (κ1) is 18.0. The Morgan fingerprint density at radius 2 is 2.00 bits per heavy atom. The summed E-state index contributed by atoms with van der Waals surface area (Å²) in [6.07, 6.45) is 8.83. The Morgan fingerprint density at radius 1 is 1.30 bits per heavy atom. The minimum Gasteiger partial charge on any atom is -0.236 e. The van der Waals surface area contributed by atoms with Gasteiger partial charge < -0.3 is 0 Å². The lowest BCUT2D eigenvalue weighted by Crippen LogP contribution is -2.42. The second-order valence-corrected chi connectivity index (χ2v) is 7.58. The first-order chi connectivity index (χ1) is 9.39. The molecular weight excluding hydrogens is 248 g/mol.